The van der Waals surface area contributed by atoms with Crippen LogP contribution in [0, 0.1) is 5.82 Å². The summed E-state index contributed by atoms with van der Waals surface area (Å²) >= 11 is 0. The first-order chi connectivity index (χ1) is 13.6. The number of aromatic hydroxyl groups is 1. The summed E-state index contributed by atoms with van der Waals surface area (Å²) in [5.74, 6) is -0.256. The Morgan fingerprint density at radius 2 is 1.96 bits per heavy atom. The van der Waals surface area contributed by atoms with Crippen LogP contribution in [0.25, 0.3) is 22.5 Å². The van der Waals surface area contributed by atoms with Crippen LogP contribution < -0.4 is 5.32 Å². The van der Waals surface area contributed by atoms with Gasteiger partial charge in [-0.3, -0.25) is 9.89 Å². The highest BCUT2D eigenvalue weighted by Gasteiger charge is 2.14. The molecule has 28 heavy (non-hydrogen) atoms. The topological polar surface area (TPSA) is 104 Å². The van der Waals surface area contributed by atoms with E-state index in [2.05, 4.69) is 20.7 Å². The molecule has 0 unspecified atom stereocenters. The minimum Gasteiger partial charge on any atom is -0.507 e. The first kappa shape index (κ1) is 17.5. The predicted octanol–water partition coefficient (Wildman–Crippen LogP) is 3.51. The van der Waals surface area contributed by atoms with Gasteiger partial charge in [0.15, 0.2) is 5.76 Å². The fourth-order valence-corrected chi connectivity index (χ4v) is 2.71. The van der Waals surface area contributed by atoms with Crippen molar-refractivity contribution in [2.24, 2.45) is 0 Å². The third-order valence-corrected chi connectivity index (χ3v) is 4.11. The van der Waals surface area contributed by atoms with Gasteiger partial charge in [0, 0.05) is 17.2 Å². The molecular weight excluding hydrogens is 363 g/mol. The Hall–Kier alpha value is -3.94. The Kier molecular flexibility index (Phi) is 4.59. The fraction of sp³-hybridized carbons (Fsp3) is 0.0500. The van der Waals surface area contributed by atoms with E-state index in [0.29, 0.717) is 28.3 Å². The molecule has 0 aliphatic rings. The lowest BCUT2D eigenvalue weighted by atomic mass is 10.1. The molecule has 0 spiro atoms. The molecule has 0 aliphatic carbocycles. The Balaban J connectivity index is 1.42. The standard InChI is InChI=1S/C20H15FN4O3/c21-13-5-3-4-12(8-13)16-9-14(28-25-16)11-22-20(27)18-10-17(23-24-18)15-6-1-2-7-19(15)26/h1-10,26H,11H2,(H,22,27)(H,23,24). The van der Waals surface area contributed by atoms with Gasteiger partial charge < -0.3 is 14.9 Å². The van der Waals surface area contributed by atoms with Crippen LogP contribution in [0.1, 0.15) is 16.2 Å². The van der Waals surface area contributed by atoms with Crippen molar-refractivity contribution >= 4 is 5.91 Å². The zero-order valence-corrected chi connectivity index (χ0v) is 14.5. The molecule has 3 N–H and O–H groups in total. The molecule has 4 rings (SSSR count). The van der Waals surface area contributed by atoms with Gasteiger partial charge in [0.2, 0.25) is 0 Å². The molecule has 0 bridgehead atoms. The van der Waals surface area contributed by atoms with Crippen molar-refractivity contribution in [1.29, 1.82) is 0 Å². The molecule has 2 heterocycles. The maximum Gasteiger partial charge on any atom is 0.269 e. The molecule has 4 aromatic rings. The van der Waals surface area contributed by atoms with Crippen LogP contribution in [0.2, 0.25) is 0 Å². The zero-order chi connectivity index (χ0) is 19.5. The number of aromatic nitrogens is 3. The van der Waals surface area contributed by atoms with Gasteiger partial charge >= 0.3 is 0 Å². The smallest absolute Gasteiger partial charge is 0.269 e. The van der Waals surface area contributed by atoms with Gasteiger partial charge in [0.25, 0.3) is 5.91 Å². The van der Waals surface area contributed by atoms with Crippen molar-refractivity contribution in [3.8, 4) is 28.3 Å². The molecule has 0 saturated heterocycles. The van der Waals surface area contributed by atoms with Crippen LogP contribution in [0.15, 0.2) is 65.2 Å². The van der Waals surface area contributed by atoms with Gasteiger partial charge in [-0.15, -0.1) is 0 Å². The normalized spacial score (nSPS) is 10.8. The number of para-hydroxylation sites is 1. The zero-order valence-electron chi connectivity index (χ0n) is 14.5. The molecule has 7 nitrogen and oxygen atoms in total. The van der Waals surface area contributed by atoms with Crippen LogP contribution in [-0.2, 0) is 6.54 Å². The summed E-state index contributed by atoms with van der Waals surface area (Å²) in [6, 6.07) is 15.9. The third kappa shape index (κ3) is 3.61. The molecule has 0 radical (unpaired) electrons. The SMILES string of the molecule is O=C(NCc1cc(-c2cccc(F)c2)no1)c1cc(-c2ccccc2O)n[nH]1. The van der Waals surface area contributed by atoms with Crippen molar-refractivity contribution in [3.05, 3.63) is 77.9 Å². The Labute approximate surface area is 158 Å². The van der Waals surface area contributed by atoms with E-state index in [9.17, 15) is 14.3 Å². The molecule has 0 fully saturated rings. The van der Waals surface area contributed by atoms with Gasteiger partial charge in [0.05, 0.1) is 12.2 Å². The predicted molar refractivity (Wildman–Crippen MR) is 98.8 cm³/mol. The number of hydrogen-bond acceptors (Lipinski definition) is 5. The number of carbonyl (C=O) groups is 1. The van der Waals surface area contributed by atoms with Gasteiger partial charge in [0.1, 0.15) is 23.0 Å². The van der Waals surface area contributed by atoms with Gasteiger partial charge in [-0.1, -0.05) is 29.4 Å². The number of H-pyrrole nitrogens is 1. The van der Waals surface area contributed by atoms with Gasteiger partial charge in [-0.05, 0) is 30.3 Å². The fourth-order valence-electron chi connectivity index (χ4n) is 2.71. The number of aromatic amines is 1. The molecule has 1 amide bonds. The van der Waals surface area contributed by atoms with Crippen molar-refractivity contribution in [1.82, 2.24) is 20.7 Å². The third-order valence-electron chi connectivity index (χ3n) is 4.11. The van der Waals surface area contributed by atoms with E-state index >= 15 is 0 Å². The van der Waals surface area contributed by atoms with Crippen LogP contribution >= 0.6 is 0 Å². The molecular formula is C20H15FN4O3. The van der Waals surface area contributed by atoms with Crippen molar-refractivity contribution in [3.63, 3.8) is 0 Å². The number of halogens is 1. The lowest BCUT2D eigenvalue weighted by Crippen LogP contribution is -2.22. The van der Waals surface area contributed by atoms with E-state index in [1.54, 1.807) is 48.5 Å². The Bertz CT molecular complexity index is 1140. The molecule has 140 valence electrons. The first-order valence-corrected chi connectivity index (χ1v) is 8.43. The van der Waals surface area contributed by atoms with Crippen molar-refractivity contribution in [2.45, 2.75) is 6.54 Å². The van der Waals surface area contributed by atoms with E-state index in [1.807, 2.05) is 0 Å². The molecule has 0 atom stereocenters. The average molecular weight is 378 g/mol. The molecule has 0 aliphatic heterocycles. The highest BCUT2D eigenvalue weighted by molar-refractivity contribution is 5.93. The number of carbonyl (C=O) groups excluding carboxylic acids is 1. The number of rotatable bonds is 5. The number of benzene rings is 2. The second-order valence-corrected chi connectivity index (χ2v) is 6.06. The second kappa shape index (κ2) is 7.36. The summed E-state index contributed by atoms with van der Waals surface area (Å²) in [6.45, 7) is 0.103. The van der Waals surface area contributed by atoms with E-state index in [4.69, 9.17) is 4.52 Å². The lowest BCUT2D eigenvalue weighted by Gasteiger charge is -2.00. The van der Waals surface area contributed by atoms with E-state index in [0.717, 1.165) is 0 Å². The summed E-state index contributed by atoms with van der Waals surface area (Å²) < 4.78 is 18.5. The minimum atomic E-state index is -0.391. The minimum absolute atomic E-state index is 0.0764. The summed E-state index contributed by atoms with van der Waals surface area (Å²) in [4.78, 5) is 12.3. The highest BCUT2D eigenvalue weighted by Crippen LogP contribution is 2.27. The van der Waals surface area contributed by atoms with E-state index in [-0.39, 0.29) is 23.8 Å². The summed E-state index contributed by atoms with van der Waals surface area (Å²) in [5.41, 5.74) is 2.28. The average Bonchev–Trinajstić information content (AvgIpc) is 3.36. The number of amides is 1. The molecule has 2 aromatic carbocycles. The monoisotopic (exact) mass is 378 g/mol. The number of phenols is 1. The number of nitrogens with zero attached hydrogens (tertiary/aromatic N) is 2. The molecule has 2 aromatic heterocycles. The quantitative estimate of drug-likeness (QED) is 0.493. The second-order valence-electron chi connectivity index (χ2n) is 6.06. The van der Waals surface area contributed by atoms with Gasteiger partial charge in [-0.2, -0.15) is 5.10 Å². The van der Waals surface area contributed by atoms with Gasteiger partial charge in [-0.25, -0.2) is 4.39 Å². The number of phenolic OH excluding ortho intramolecular Hbond substituents is 1. The highest BCUT2D eigenvalue weighted by atomic mass is 19.1. The van der Waals surface area contributed by atoms with Crippen LogP contribution in [-0.4, -0.2) is 26.4 Å². The molecule has 0 saturated carbocycles. The van der Waals surface area contributed by atoms with Crippen molar-refractivity contribution in [2.75, 3.05) is 0 Å². The maximum absolute atomic E-state index is 13.3. The van der Waals surface area contributed by atoms with E-state index < -0.39 is 5.91 Å². The van der Waals surface area contributed by atoms with Crippen LogP contribution in [0.5, 0.6) is 5.75 Å². The van der Waals surface area contributed by atoms with Crippen LogP contribution in [0.4, 0.5) is 4.39 Å². The Morgan fingerprint density at radius 1 is 1.11 bits per heavy atom. The summed E-state index contributed by atoms with van der Waals surface area (Å²) in [5, 5.41) is 23.2. The van der Waals surface area contributed by atoms with E-state index in [1.165, 1.54) is 12.1 Å². The van der Waals surface area contributed by atoms with Crippen molar-refractivity contribution < 1.29 is 18.8 Å². The number of nitrogens with one attached hydrogen (secondary N) is 2. The Morgan fingerprint density at radius 3 is 2.79 bits per heavy atom. The largest absolute Gasteiger partial charge is 0.507 e. The summed E-state index contributed by atoms with van der Waals surface area (Å²) in [7, 11) is 0. The summed E-state index contributed by atoms with van der Waals surface area (Å²) in [6.07, 6.45) is 0. The first-order valence-electron chi connectivity index (χ1n) is 8.43. The maximum atomic E-state index is 13.3. The lowest BCUT2D eigenvalue weighted by molar-refractivity contribution is 0.0942. The van der Waals surface area contributed by atoms with Crippen LogP contribution in [0.3, 0.4) is 0 Å². The molecule has 8 heteroatoms. The number of hydrogen-bond donors (Lipinski definition) is 3.